The molecule has 0 radical (unpaired) electrons. The van der Waals surface area contributed by atoms with Gasteiger partial charge in [0.25, 0.3) is 0 Å². The van der Waals surface area contributed by atoms with E-state index >= 15 is 0 Å². The normalized spacial score (nSPS) is 12.9. The molecule has 0 fully saturated rings. The highest BCUT2D eigenvalue weighted by molar-refractivity contribution is 8.00. The van der Waals surface area contributed by atoms with E-state index in [0.717, 1.165) is 30.7 Å². The van der Waals surface area contributed by atoms with Gasteiger partial charge in [-0.05, 0) is 26.0 Å². The van der Waals surface area contributed by atoms with Gasteiger partial charge in [-0.25, -0.2) is 4.99 Å². The van der Waals surface area contributed by atoms with Crippen molar-refractivity contribution in [2.75, 3.05) is 13.1 Å². The lowest BCUT2D eigenvalue weighted by Crippen LogP contribution is -2.40. The van der Waals surface area contributed by atoms with E-state index < -0.39 is 0 Å². The number of nitrogens with zero attached hydrogens (tertiary/aromatic N) is 4. The van der Waals surface area contributed by atoms with Crippen molar-refractivity contribution < 1.29 is 0 Å². The highest BCUT2D eigenvalue weighted by atomic mass is 32.2. The van der Waals surface area contributed by atoms with Crippen LogP contribution in [0.25, 0.3) is 0 Å². The molecule has 7 heteroatoms. The van der Waals surface area contributed by atoms with Gasteiger partial charge >= 0.3 is 0 Å². The van der Waals surface area contributed by atoms with E-state index in [2.05, 4.69) is 63.9 Å². The topological polar surface area (TPSA) is 67.1 Å². The Balaban J connectivity index is 1.88. The fourth-order valence-electron chi connectivity index (χ4n) is 2.09. The average Bonchev–Trinajstić information content (AvgIpc) is 2.90. The number of aliphatic imine (C=N–C) groups is 1. The molecule has 2 rings (SSSR count). The third kappa shape index (κ3) is 5.56. The predicted molar refractivity (Wildman–Crippen MR) is 100 cm³/mol. The molecule has 0 saturated heterocycles. The van der Waals surface area contributed by atoms with Gasteiger partial charge in [-0.15, -0.1) is 22.0 Å². The van der Waals surface area contributed by atoms with Crippen LogP contribution in [-0.2, 0) is 13.6 Å². The predicted octanol–water partition coefficient (Wildman–Crippen LogP) is 2.36. The molecule has 0 amide bonds. The summed E-state index contributed by atoms with van der Waals surface area (Å²) in [5, 5.41) is 15.3. The fraction of sp³-hybridized carbons (Fsp3) is 0.471. The molecule has 1 aromatic heterocycles. The SMILES string of the molecule is CCNC(=NCc1nnc(C)n1C)NCC(C)Sc1ccccc1. The minimum absolute atomic E-state index is 0.438. The van der Waals surface area contributed by atoms with E-state index in [1.165, 1.54) is 4.90 Å². The Kier molecular flexibility index (Phi) is 7.11. The zero-order chi connectivity index (χ0) is 17.4. The van der Waals surface area contributed by atoms with E-state index in [1.807, 2.05) is 36.4 Å². The number of nitrogens with one attached hydrogen (secondary N) is 2. The summed E-state index contributed by atoms with van der Waals surface area (Å²) >= 11 is 1.85. The molecule has 130 valence electrons. The van der Waals surface area contributed by atoms with Gasteiger partial charge in [0.2, 0.25) is 0 Å². The van der Waals surface area contributed by atoms with Crippen molar-refractivity contribution in [3.05, 3.63) is 42.0 Å². The lowest BCUT2D eigenvalue weighted by Gasteiger charge is -2.15. The molecule has 0 saturated carbocycles. The molecule has 0 aliphatic rings. The first-order valence-corrected chi connectivity index (χ1v) is 9.07. The zero-order valence-corrected chi connectivity index (χ0v) is 15.6. The van der Waals surface area contributed by atoms with Crippen LogP contribution in [0.5, 0.6) is 0 Å². The van der Waals surface area contributed by atoms with Gasteiger partial charge < -0.3 is 15.2 Å². The summed E-state index contributed by atoms with van der Waals surface area (Å²) in [6, 6.07) is 10.4. The molecule has 2 N–H and O–H groups in total. The molecule has 0 spiro atoms. The highest BCUT2D eigenvalue weighted by Crippen LogP contribution is 2.21. The number of aromatic nitrogens is 3. The number of rotatable bonds is 7. The van der Waals surface area contributed by atoms with Gasteiger partial charge in [-0.1, -0.05) is 25.1 Å². The average molecular weight is 347 g/mol. The maximum Gasteiger partial charge on any atom is 0.191 e. The number of benzene rings is 1. The van der Waals surface area contributed by atoms with Crippen molar-refractivity contribution in [2.45, 2.75) is 37.5 Å². The molecular weight excluding hydrogens is 320 g/mol. The fourth-order valence-corrected chi connectivity index (χ4v) is 3.04. The summed E-state index contributed by atoms with van der Waals surface area (Å²) in [4.78, 5) is 5.88. The summed E-state index contributed by atoms with van der Waals surface area (Å²) < 4.78 is 1.96. The maximum absolute atomic E-state index is 4.60. The molecule has 0 aliphatic carbocycles. The number of aryl methyl sites for hydroxylation is 1. The summed E-state index contributed by atoms with van der Waals surface area (Å²) in [5.74, 6) is 2.56. The third-order valence-corrected chi connectivity index (χ3v) is 4.66. The van der Waals surface area contributed by atoms with Crippen molar-refractivity contribution in [3.63, 3.8) is 0 Å². The summed E-state index contributed by atoms with van der Waals surface area (Å²) in [6.07, 6.45) is 0. The molecule has 1 atom stereocenters. The first-order chi connectivity index (χ1) is 11.6. The van der Waals surface area contributed by atoms with Gasteiger partial charge in [0.15, 0.2) is 11.8 Å². The second-order valence-corrected chi connectivity index (χ2v) is 7.05. The second kappa shape index (κ2) is 9.32. The molecule has 2 aromatic rings. The van der Waals surface area contributed by atoms with Crippen LogP contribution in [0.4, 0.5) is 0 Å². The van der Waals surface area contributed by atoms with Crippen molar-refractivity contribution in [1.82, 2.24) is 25.4 Å². The van der Waals surface area contributed by atoms with Crippen molar-refractivity contribution in [1.29, 1.82) is 0 Å². The van der Waals surface area contributed by atoms with Gasteiger partial charge in [0.1, 0.15) is 12.4 Å². The Bertz CT molecular complexity index is 652. The van der Waals surface area contributed by atoms with E-state index in [4.69, 9.17) is 0 Å². The Morgan fingerprint density at radius 2 is 2.00 bits per heavy atom. The second-order valence-electron chi connectivity index (χ2n) is 5.54. The van der Waals surface area contributed by atoms with E-state index in [9.17, 15) is 0 Å². The molecule has 24 heavy (non-hydrogen) atoms. The molecular formula is C17H26N6S. The molecule has 0 bridgehead atoms. The third-order valence-electron chi connectivity index (χ3n) is 3.54. The maximum atomic E-state index is 4.60. The number of hydrogen-bond acceptors (Lipinski definition) is 4. The minimum atomic E-state index is 0.438. The van der Waals surface area contributed by atoms with Crippen LogP contribution in [0.2, 0.25) is 0 Å². The number of thioether (sulfide) groups is 1. The van der Waals surface area contributed by atoms with Crippen LogP contribution in [0.1, 0.15) is 25.5 Å². The van der Waals surface area contributed by atoms with Crippen LogP contribution < -0.4 is 10.6 Å². The first kappa shape index (κ1) is 18.3. The van der Waals surface area contributed by atoms with Crippen molar-refractivity contribution >= 4 is 17.7 Å². The smallest absolute Gasteiger partial charge is 0.191 e. The van der Waals surface area contributed by atoms with Gasteiger partial charge in [0, 0.05) is 30.3 Å². The quantitative estimate of drug-likeness (QED) is 0.458. The molecule has 0 aliphatic heterocycles. The molecule has 6 nitrogen and oxygen atoms in total. The van der Waals surface area contributed by atoms with Gasteiger partial charge in [0.05, 0.1) is 0 Å². The van der Waals surface area contributed by atoms with Crippen LogP contribution >= 0.6 is 11.8 Å². The number of guanidine groups is 1. The van der Waals surface area contributed by atoms with E-state index in [1.54, 1.807) is 0 Å². The van der Waals surface area contributed by atoms with Gasteiger partial charge in [-0.2, -0.15) is 0 Å². The van der Waals surface area contributed by atoms with Crippen LogP contribution in [0.15, 0.2) is 40.2 Å². The monoisotopic (exact) mass is 346 g/mol. The molecule has 1 unspecified atom stereocenters. The minimum Gasteiger partial charge on any atom is -0.357 e. The largest absolute Gasteiger partial charge is 0.357 e. The lowest BCUT2D eigenvalue weighted by molar-refractivity contribution is 0.752. The highest BCUT2D eigenvalue weighted by Gasteiger charge is 2.07. The van der Waals surface area contributed by atoms with E-state index in [0.29, 0.717) is 11.8 Å². The van der Waals surface area contributed by atoms with Crippen molar-refractivity contribution in [3.8, 4) is 0 Å². The Morgan fingerprint density at radius 3 is 2.62 bits per heavy atom. The summed E-state index contributed by atoms with van der Waals surface area (Å²) in [7, 11) is 1.96. The lowest BCUT2D eigenvalue weighted by atomic mass is 10.4. The standard InChI is InChI=1S/C17H26N6S/c1-5-18-17(20-12-16-22-21-14(3)23(16)4)19-11-13(2)24-15-9-7-6-8-10-15/h6-10,13H,5,11-12H2,1-4H3,(H2,18,19,20). The zero-order valence-electron chi connectivity index (χ0n) is 14.8. The first-order valence-electron chi connectivity index (χ1n) is 8.19. The van der Waals surface area contributed by atoms with Crippen LogP contribution in [-0.4, -0.2) is 39.1 Å². The van der Waals surface area contributed by atoms with Crippen LogP contribution in [0.3, 0.4) is 0 Å². The van der Waals surface area contributed by atoms with Crippen molar-refractivity contribution in [2.24, 2.45) is 12.0 Å². The molecule has 1 heterocycles. The Morgan fingerprint density at radius 1 is 1.25 bits per heavy atom. The number of hydrogen-bond donors (Lipinski definition) is 2. The Hall–Kier alpha value is -2.02. The van der Waals surface area contributed by atoms with E-state index in [-0.39, 0.29) is 0 Å². The summed E-state index contributed by atoms with van der Waals surface area (Å²) in [6.45, 7) is 8.37. The van der Waals surface area contributed by atoms with Gasteiger partial charge in [-0.3, -0.25) is 0 Å². The van der Waals surface area contributed by atoms with Crippen LogP contribution in [0, 0.1) is 6.92 Å². The molecule has 1 aromatic carbocycles. The summed E-state index contributed by atoms with van der Waals surface area (Å²) in [5.41, 5.74) is 0. The Labute approximate surface area is 148 Å².